The molecule has 2 aromatic rings. The van der Waals surface area contributed by atoms with E-state index in [9.17, 15) is 5.11 Å². The molecule has 2 aromatic heterocycles. The van der Waals surface area contributed by atoms with Crippen LogP contribution in [0.1, 0.15) is 23.7 Å². The Balaban J connectivity index is 2.32. The summed E-state index contributed by atoms with van der Waals surface area (Å²) in [5.74, 6) is 0.586. The van der Waals surface area contributed by atoms with Crippen LogP contribution >= 0.6 is 0 Å². The average Bonchev–Trinajstić information content (AvgIpc) is 2.81. The molecule has 0 saturated heterocycles. The van der Waals surface area contributed by atoms with Crippen molar-refractivity contribution in [1.82, 2.24) is 20.0 Å². The van der Waals surface area contributed by atoms with E-state index < -0.39 is 0 Å². The molecule has 5 nitrogen and oxygen atoms in total. The van der Waals surface area contributed by atoms with Gasteiger partial charge in [-0.15, -0.1) is 5.10 Å². The highest BCUT2D eigenvalue weighted by atomic mass is 16.3. The van der Waals surface area contributed by atoms with E-state index in [2.05, 4.69) is 34.6 Å². The SMILES string of the molecule is Cc1c(O)c(C2=CC=CC(C)C=C2)n2nnnc2c1C. The molecule has 20 heavy (non-hydrogen) atoms. The number of fused-ring (bicyclic) bond motifs is 1. The molecular formula is C15H16N4O. The summed E-state index contributed by atoms with van der Waals surface area (Å²) in [6.07, 6.45) is 10.1. The first-order valence-electron chi connectivity index (χ1n) is 6.57. The Morgan fingerprint density at radius 1 is 1.20 bits per heavy atom. The van der Waals surface area contributed by atoms with Crippen LogP contribution in [-0.2, 0) is 0 Å². The average molecular weight is 268 g/mol. The first-order valence-corrected chi connectivity index (χ1v) is 6.57. The van der Waals surface area contributed by atoms with Gasteiger partial charge in [0.1, 0.15) is 11.4 Å². The molecule has 0 saturated carbocycles. The van der Waals surface area contributed by atoms with Gasteiger partial charge in [-0.25, -0.2) is 0 Å². The van der Waals surface area contributed by atoms with Crippen molar-refractivity contribution < 1.29 is 5.11 Å². The summed E-state index contributed by atoms with van der Waals surface area (Å²) in [5.41, 5.74) is 3.88. The number of nitrogens with zero attached hydrogens (tertiary/aromatic N) is 4. The summed E-state index contributed by atoms with van der Waals surface area (Å²) in [4.78, 5) is 0. The molecule has 0 bridgehead atoms. The van der Waals surface area contributed by atoms with E-state index in [1.807, 2.05) is 32.1 Å². The maximum Gasteiger partial charge on any atom is 0.183 e. The van der Waals surface area contributed by atoms with Gasteiger partial charge in [0.2, 0.25) is 0 Å². The van der Waals surface area contributed by atoms with Crippen molar-refractivity contribution in [1.29, 1.82) is 0 Å². The van der Waals surface area contributed by atoms with Crippen molar-refractivity contribution in [2.75, 3.05) is 0 Å². The zero-order valence-electron chi connectivity index (χ0n) is 11.7. The van der Waals surface area contributed by atoms with Crippen LogP contribution in [0.3, 0.4) is 0 Å². The summed E-state index contributed by atoms with van der Waals surface area (Å²) in [6, 6.07) is 0. The van der Waals surface area contributed by atoms with Crippen molar-refractivity contribution in [2.45, 2.75) is 20.8 Å². The van der Waals surface area contributed by atoms with Gasteiger partial charge in [-0.2, -0.15) is 4.52 Å². The summed E-state index contributed by atoms with van der Waals surface area (Å²) in [7, 11) is 0. The second-order valence-electron chi connectivity index (χ2n) is 5.09. The molecule has 0 radical (unpaired) electrons. The molecule has 1 N–H and O–H groups in total. The number of rotatable bonds is 1. The largest absolute Gasteiger partial charge is 0.505 e. The quantitative estimate of drug-likeness (QED) is 0.863. The van der Waals surface area contributed by atoms with Crippen molar-refractivity contribution >= 4 is 11.2 Å². The van der Waals surface area contributed by atoms with Crippen LogP contribution in [0.2, 0.25) is 0 Å². The molecule has 5 heteroatoms. The molecule has 0 fully saturated rings. The van der Waals surface area contributed by atoms with E-state index in [1.165, 1.54) is 0 Å². The Morgan fingerprint density at radius 2 is 2.00 bits per heavy atom. The Labute approximate surface area is 116 Å². The minimum absolute atomic E-state index is 0.223. The van der Waals surface area contributed by atoms with Gasteiger partial charge in [-0.3, -0.25) is 0 Å². The number of pyridine rings is 1. The minimum Gasteiger partial charge on any atom is -0.505 e. The maximum absolute atomic E-state index is 10.5. The minimum atomic E-state index is 0.223. The van der Waals surface area contributed by atoms with Gasteiger partial charge in [0.25, 0.3) is 0 Å². The number of aryl methyl sites for hydroxylation is 1. The highest BCUT2D eigenvalue weighted by molar-refractivity contribution is 5.80. The molecule has 2 heterocycles. The molecule has 1 atom stereocenters. The van der Waals surface area contributed by atoms with Crippen molar-refractivity contribution in [3.63, 3.8) is 0 Å². The van der Waals surface area contributed by atoms with Gasteiger partial charge in [0, 0.05) is 11.1 Å². The molecule has 1 aliphatic rings. The lowest BCUT2D eigenvalue weighted by atomic mass is 10.0. The number of hydrogen-bond donors (Lipinski definition) is 1. The first-order chi connectivity index (χ1) is 9.59. The van der Waals surface area contributed by atoms with Gasteiger partial charge in [0.05, 0.1) is 0 Å². The van der Waals surface area contributed by atoms with Gasteiger partial charge in [0.15, 0.2) is 5.65 Å². The molecule has 1 aliphatic carbocycles. The van der Waals surface area contributed by atoms with E-state index in [-0.39, 0.29) is 5.75 Å². The van der Waals surface area contributed by atoms with Crippen LogP contribution in [-0.4, -0.2) is 25.1 Å². The number of aromatic hydroxyl groups is 1. The highest BCUT2D eigenvalue weighted by Gasteiger charge is 2.18. The molecule has 0 amide bonds. The van der Waals surface area contributed by atoms with Crippen LogP contribution in [0.5, 0.6) is 5.75 Å². The summed E-state index contributed by atoms with van der Waals surface area (Å²) >= 11 is 0. The molecule has 102 valence electrons. The monoisotopic (exact) mass is 268 g/mol. The smallest absolute Gasteiger partial charge is 0.183 e. The molecule has 3 rings (SSSR count). The zero-order chi connectivity index (χ0) is 14.3. The summed E-state index contributed by atoms with van der Waals surface area (Å²) in [6.45, 7) is 5.89. The van der Waals surface area contributed by atoms with E-state index in [0.717, 1.165) is 16.7 Å². The molecule has 0 spiro atoms. The lowest BCUT2D eigenvalue weighted by molar-refractivity contribution is 0.463. The number of tetrazole rings is 1. The van der Waals surface area contributed by atoms with Crippen LogP contribution in [0.15, 0.2) is 30.4 Å². The van der Waals surface area contributed by atoms with E-state index in [0.29, 0.717) is 17.3 Å². The van der Waals surface area contributed by atoms with Crippen LogP contribution < -0.4 is 0 Å². The van der Waals surface area contributed by atoms with Gasteiger partial charge >= 0.3 is 0 Å². The first kappa shape index (κ1) is 12.6. The Hall–Kier alpha value is -2.43. The lowest BCUT2D eigenvalue weighted by Gasteiger charge is -2.12. The van der Waals surface area contributed by atoms with Crippen molar-refractivity contribution in [3.05, 3.63) is 47.2 Å². The second-order valence-corrected chi connectivity index (χ2v) is 5.09. The van der Waals surface area contributed by atoms with Crippen molar-refractivity contribution in [3.8, 4) is 5.75 Å². The number of allylic oxidation sites excluding steroid dienone is 6. The Kier molecular flexibility index (Phi) is 2.89. The fourth-order valence-corrected chi connectivity index (χ4v) is 2.32. The third-order valence-electron chi connectivity index (χ3n) is 3.70. The number of aromatic nitrogens is 4. The molecule has 1 unspecified atom stereocenters. The number of hydrogen-bond acceptors (Lipinski definition) is 4. The highest BCUT2D eigenvalue weighted by Crippen LogP contribution is 2.33. The topological polar surface area (TPSA) is 63.3 Å². The Bertz CT molecular complexity index is 768. The summed E-state index contributed by atoms with van der Waals surface area (Å²) in [5, 5.41) is 22.2. The molecule has 0 aliphatic heterocycles. The van der Waals surface area contributed by atoms with Crippen LogP contribution in [0.25, 0.3) is 11.2 Å². The maximum atomic E-state index is 10.5. The fraction of sp³-hybridized carbons (Fsp3) is 0.267. The lowest BCUT2D eigenvalue weighted by Crippen LogP contribution is -2.02. The third kappa shape index (κ3) is 1.82. The van der Waals surface area contributed by atoms with E-state index in [4.69, 9.17) is 0 Å². The van der Waals surface area contributed by atoms with Gasteiger partial charge in [-0.05, 0) is 35.8 Å². The van der Waals surface area contributed by atoms with Gasteiger partial charge in [-0.1, -0.05) is 37.3 Å². The normalized spacial score (nSPS) is 18.4. The van der Waals surface area contributed by atoms with Crippen LogP contribution in [0.4, 0.5) is 0 Å². The van der Waals surface area contributed by atoms with E-state index >= 15 is 0 Å². The van der Waals surface area contributed by atoms with Crippen LogP contribution in [0, 0.1) is 19.8 Å². The fourth-order valence-electron chi connectivity index (χ4n) is 2.32. The predicted molar refractivity (Wildman–Crippen MR) is 77.3 cm³/mol. The van der Waals surface area contributed by atoms with Gasteiger partial charge < -0.3 is 5.11 Å². The summed E-state index contributed by atoms with van der Waals surface area (Å²) < 4.78 is 1.59. The third-order valence-corrected chi connectivity index (χ3v) is 3.70. The predicted octanol–water partition coefficient (Wildman–Crippen LogP) is 2.59. The van der Waals surface area contributed by atoms with Crippen molar-refractivity contribution in [2.24, 2.45) is 5.92 Å². The standard InChI is InChI=1S/C15H16N4O/c1-9-5-4-6-12(8-7-9)13-14(20)10(2)11(3)15-16-17-18-19(13)15/h4-9,20H,1-3H3. The van der Waals surface area contributed by atoms with E-state index in [1.54, 1.807) is 4.52 Å². The molecular weight excluding hydrogens is 252 g/mol. The molecule has 0 aromatic carbocycles. The zero-order valence-corrected chi connectivity index (χ0v) is 11.7. The Morgan fingerprint density at radius 3 is 2.80 bits per heavy atom. The second kappa shape index (κ2) is 4.59.